The molecule has 1 aliphatic carbocycles. The van der Waals surface area contributed by atoms with Crippen LogP contribution in [0.15, 0.2) is 0 Å². The van der Waals surface area contributed by atoms with E-state index in [-0.39, 0.29) is 17.9 Å². The first-order chi connectivity index (χ1) is 8.03. The van der Waals surface area contributed by atoms with Crippen molar-refractivity contribution >= 4 is 20.2 Å². The molecule has 1 saturated heterocycles. The lowest BCUT2D eigenvalue weighted by molar-refractivity contribution is -0.166. The highest BCUT2D eigenvalue weighted by molar-refractivity contribution is 5.92. The summed E-state index contributed by atoms with van der Waals surface area (Å²) < 4.78 is 5.25. The lowest BCUT2D eigenvalue weighted by atomic mass is 9.65. The Balaban J connectivity index is 0.000000686. The van der Waals surface area contributed by atoms with Crippen LogP contribution in [0.3, 0.4) is 0 Å². The molecule has 2 amide bonds. The summed E-state index contributed by atoms with van der Waals surface area (Å²) in [4.78, 5) is 24.2. The molecule has 0 bridgehead atoms. The van der Waals surface area contributed by atoms with E-state index < -0.39 is 5.91 Å². The molecule has 88 valence electrons. The molecule has 0 unspecified atom stereocenters. The zero-order valence-electron chi connectivity index (χ0n) is 10.7. The molecule has 1 saturated carbocycles. The summed E-state index contributed by atoms with van der Waals surface area (Å²) in [6.07, 6.45) is 4.25. The Morgan fingerprint density at radius 1 is 1.62 bits per heavy atom. The van der Waals surface area contributed by atoms with E-state index >= 15 is 0 Å². The predicted octanol–water partition coefficient (Wildman–Crippen LogP) is -0.138. The molecule has 2 fully saturated rings. The van der Waals surface area contributed by atoms with Crippen molar-refractivity contribution < 1.29 is 9.59 Å². The zero-order valence-corrected chi connectivity index (χ0v) is 9.74. The fourth-order valence-corrected chi connectivity index (χ4v) is 2.75. The van der Waals surface area contributed by atoms with Crippen LogP contribution < -0.4 is 5.73 Å². The molecule has 4 nitrogen and oxygen atoms in total. The number of primary amides is 1. The van der Waals surface area contributed by atoms with Crippen molar-refractivity contribution in [1.82, 2.24) is 4.90 Å². The third-order valence-electron chi connectivity index (χ3n) is 3.81. The molecule has 2 aliphatic rings. The number of carbonyl (C=O) groups excluding carboxylic acids is 2. The second kappa shape index (κ2) is 4.48. The second-order valence-electron chi connectivity index (χ2n) is 5.09. The van der Waals surface area contributed by atoms with Crippen LogP contribution in [-0.4, -0.2) is 39.5 Å². The Kier molecular flexibility index (Phi) is 3.21. The van der Waals surface area contributed by atoms with Gasteiger partial charge in [0.15, 0.2) is 0 Å². The monoisotopic (exact) mass is 223 g/mol. The number of hydrogen-bond donors (Lipinski definition) is 1. The molecule has 0 aromatic rings. The van der Waals surface area contributed by atoms with E-state index in [9.17, 15) is 9.59 Å². The molecule has 1 spiro atoms. The van der Waals surface area contributed by atoms with Crippen LogP contribution in [0.5, 0.6) is 0 Å². The van der Waals surface area contributed by atoms with Gasteiger partial charge in [-0.15, -0.1) is 0 Å². The van der Waals surface area contributed by atoms with Crippen molar-refractivity contribution in [3.63, 3.8) is 0 Å². The molecule has 2 N–H and O–H groups in total. The summed E-state index contributed by atoms with van der Waals surface area (Å²) in [5.41, 5.74) is 4.95. The smallest absolute Gasteiger partial charge is 0.237 e. The summed E-state index contributed by atoms with van der Waals surface area (Å²) in [6.45, 7) is 3.06. The molecule has 1 heterocycles. The summed E-state index contributed by atoms with van der Waals surface area (Å²) in [6, 6.07) is 0. The van der Waals surface area contributed by atoms with E-state index in [1.807, 2.05) is 0 Å². The van der Waals surface area contributed by atoms with Crippen LogP contribution in [0.2, 0.25) is 0 Å². The van der Waals surface area contributed by atoms with E-state index in [0.717, 1.165) is 38.1 Å². The van der Waals surface area contributed by atoms with Crippen LogP contribution in [0.1, 0.15) is 32.6 Å². The van der Waals surface area contributed by atoms with Gasteiger partial charge >= 0.3 is 0 Å². The van der Waals surface area contributed by atoms with Gasteiger partial charge in [0.1, 0.15) is 0 Å². The van der Waals surface area contributed by atoms with Gasteiger partial charge in [-0.1, -0.05) is 6.92 Å². The van der Waals surface area contributed by atoms with Gasteiger partial charge in [-0.05, 0) is 32.9 Å². The maximum absolute atomic E-state index is 11.9. The molecule has 2 radical (unpaired) electrons. The number of hydrogen-bond acceptors (Lipinski definition) is 2. The first-order valence-corrected chi connectivity index (χ1v) is 5.61. The van der Waals surface area contributed by atoms with Crippen LogP contribution in [0.25, 0.3) is 0 Å². The number of likely N-dealkylation sites (tertiary alicyclic amines) is 1. The fraction of sp³-hybridized carbons (Fsp3) is 0.818. The first-order valence-electron chi connectivity index (χ1n) is 6.19. The molecule has 2 rings (SSSR count). The topological polar surface area (TPSA) is 63.4 Å². The molecular formula is C11H19BN2O2. The predicted molar refractivity (Wildman–Crippen MR) is 63.0 cm³/mol. The van der Waals surface area contributed by atoms with Gasteiger partial charge in [-0.2, -0.15) is 0 Å². The van der Waals surface area contributed by atoms with Crippen molar-refractivity contribution in [2.24, 2.45) is 17.1 Å². The molecule has 0 aromatic heterocycles. The lowest BCUT2D eigenvalue weighted by Crippen LogP contribution is -2.63. The van der Waals surface area contributed by atoms with Gasteiger partial charge in [0, 0.05) is 14.9 Å². The van der Waals surface area contributed by atoms with E-state index in [1.54, 1.807) is 4.90 Å². The highest BCUT2D eigenvalue weighted by Crippen LogP contribution is 2.46. The third-order valence-corrected chi connectivity index (χ3v) is 3.81. The van der Waals surface area contributed by atoms with Crippen LogP contribution in [0, 0.1) is 11.3 Å². The van der Waals surface area contributed by atoms with Gasteiger partial charge < -0.3 is 10.6 Å². The van der Waals surface area contributed by atoms with Crippen LogP contribution in [0.4, 0.5) is 0 Å². The van der Waals surface area contributed by atoms with E-state index in [0.29, 0.717) is 0 Å². The minimum Gasteiger partial charge on any atom is -0.368 e. The Labute approximate surface area is 99.5 Å². The van der Waals surface area contributed by atoms with Crippen molar-refractivity contribution in [2.45, 2.75) is 32.6 Å². The quantitative estimate of drug-likeness (QED) is 0.523. The Hall–Kier alpha value is -0.995. The van der Waals surface area contributed by atoms with Gasteiger partial charge in [0.05, 0.1) is 12.0 Å². The number of rotatable bonds is 2. The maximum atomic E-state index is 11.9. The first kappa shape index (κ1) is 11.5. The van der Waals surface area contributed by atoms with E-state index in [4.69, 9.17) is 7.07 Å². The lowest BCUT2D eigenvalue weighted by Gasteiger charge is -2.51. The highest BCUT2D eigenvalue weighted by Gasteiger charge is 2.52. The van der Waals surface area contributed by atoms with Gasteiger partial charge in [0.2, 0.25) is 11.8 Å². The molecular weight excluding hydrogens is 203 g/mol. The standard InChI is InChI=1S/C11H18N2O2.BH/c1-8-2-4-11(5-3-8)7-13(10(11)15)6-9(12)14;/h8H,2-7H2,1H3,(H2,12,14);1H/i;1D. The summed E-state index contributed by atoms with van der Waals surface area (Å²) in [5.74, 6) is 0.476. The summed E-state index contributed by atoms with van der Waals surface area (Å²) in [7, 11) is 3.75. The van der Waals surface area contributed by atoms with E-state index in [1.165, 1.54) is 0 Å². The average molecular weight is 223 g/mol. The minimum atomic E-state index is -0.414. The Morgan fingerprint density at radius 3 is 2.62 bits per heavy atom. The van der Waals surface area contributed by atoms with Crippen LogP contribution in [-0.2, 0) is 9.59 Å². The third kappa shape index (κ3) is 2.08. The molecule has 0 atom stereocenters. The van der Waals surface area contributed by atoms with Crippen molar-refractivity contribution in [2.75, 3.05) is 13.1 Å². The summed E-state index contributed by atoms with van der Waals surface area (Å²) in [5, 5.41) is 0. The minimum absolute atomic E-state index is 0.0934. The number of β-lactam (4-membered cyclic amide) rings is 1. The van der Waals surface area contributed by atoms with Gasteiger partial charge in [0.25, 0.3) is 0 Å². The van der Waals surface area contributed by atoms with Crippen molar-refractivity contribution in [3.05, 3.63) is 0 Å². The largest absolute Gasteiger partial charge is 0.368 e. The number of amides is 2. The Bertz CT molecular complexity index is 304. The molecule has 1 aliphatic heterocycles. The number of carbonyl (C=O) groups is 2. The average Bonchev–Trinajstić information content (AvgIpc) is 2.33. The highest BCUT2D eigenvalue weighted by atomic mass is 16.2. The maximum Gasteiger partial charge on any atom is 0.237 e. The zero-order chi connectivity index (χ0) is 13.1. The molecule has 16 heavy (non-hydrogen) atoms. The number of nitrogens with zero attached hydrogens (tertiary/aromatic N) is 1. The fourth-order valence-electron chi connectivity index (χ4n) is 2.75. The normalized spacial score (nSPS) is 33.6. The van der Waals surface area contributed by atoms with Gasteiger partial charge in [-0.3, -0.25) is 9.59 Å². The molecule has 5 heteroatoms. The van der Waals surface area contributed by atoms with Gasteiger partial charge in [-0.25, -0.2) is 0 Å². The van der Waals surface area contributed by atoms with Crippen molar-refractivity contribution in [3.8, 4) is 0 Å². The summed E-state index contributed by atoms with van der Waals surface area (Å²) >= 11 is 0. The molecule has 0 aromatic carbocycles. The van der Waals surface area contributed by atoms with Crippen LogP contribution >= 0.6 is 0 Å². The number of nitrogens with two attached hydrogens (primary N) is 1. The Morgan fingerprint density at radius 2 is 2.19 bits per heavy atom. The SMILES string of the molecule is CC1CCC2(CC1)CN(CC(N)=O)C2=O.[2H][B]. The van der Waals surface area contributed by atoms with Crippen molar-refractivity contribution in [1.29, 1.82) is 1.34 Å². The van der Waals surface area contributed by atoms with E-state index in [2.05, 4.69) is 15.3 Å². The second-order valence-corrected chi connectivity index (χ2v) is 5.09.